The molecule has 19 heavy (non-hydrogen) atoms. The maximum atomic E-state index is 14.1. The van der Waals surface area contributed by atoms with Crippen LogP contribution < -0.4 is 10.2 Å². The van der Waals surface area contributed by atoms with Gasteiger partial charge < -0.3 is 10.2 Å². The van der Waals surface area contributed by atoms with Crippen molar-refractivity contribution in [2.24, 2.45) is 0 Å². The molecule has 0 bridgehead atoms. The number of hydrogen-bond acceptors (Lipinski definition) is 2. The Morgan fingerprint density at radius 2 is 2.11 bits per heavy atom. The Hall–Kier alpha value is -0.800. The van der Waals surface area contributed by atoms with Gasteiger partial charge in [-0.2, -0.15) is 0 Å². The summed E-state index contributed by atoms with van der Waals surface area (Å²) in [5.74, 6) is -0.234. The second-order valence-corrected chi connectivity index (χ2v) is 5.88. The highest BCUT2D eigenvalue weighted by molar-refractivity contribution is 6.30. The molecule has 1 heterocycles. The van der Waals surface area contributed by atoms with E-state index in [-0.39, 0.29) is 17.4 Å². The molecule has 106 valence electrons. The van der Waals surface area contributed by atoms with Gasteiger partial charge in [0, 0.05) is 29.7 Å². The Labute approximate surface area is 119 Å². The summed E-state index contributed by atoms with van der Waals surface area (Å²) in [5.41, 5.74) is 0.739. The van der Waals surface area contributed by atoms with Crippen molar-refractivity contribution in [1.29, 1.82) is 0 Å². The van der Waals surface area contributed by atoms with Gasteiger partial charge in [-0.05, 0) is 38.0 Å². The van der Waals surface area contributed by atoms with Crippen LogP contribution in [0.3, 0.4) is 0 Å². The molecule has 1 aromatic carbocycles. The molecule has 1 unspecified atom stereocenters. The predicted octanol–water partition coefficient (Wildman–Crippen LogP) is 3.84. The minimum absolute atomic E-state index is 0.0819. The fourth-order valence-electron chi connectivity index (χ4n) is 2.77. The van der Waals surface area contributed by atoms with Crippen LogP contribution in [0.4, 0.5) is 10.1 Å². The topological polar surface area (TPSA) is 15.3 Å². The molecule has 4 heteroatoms. The van der Waals surface area contributed by atoms with Gasteiger partial charge in [0.25, 0.3) is 0 Å². The lowest BCUT2D eigenvalue weighted by Crippen LogP contribution is -2.63. The van der Waals surface area contributed by atoms with Crippen molar-refractivity contribution in [3.05, 3.63) is 29.0 Å². The maximum Gasteiger partial charge on any atom is 0.147 e. The van der Waals surface area contributed by atoms with E-state index in [1.54, 1.807) is 12.1 Å². The second kappa shape index (κ2) is 5.68. The lowest BCUT2D eigenvalue weighted by molar-refractivity contribution is 0.252. The zero-order valence-electron chi connectivity index (χ0n) is 11.8. The first-order chi connectivity index (χ1) is 9.01. The molecular formula is C15H22ClFN2. The molecule has 1 aromatic rings. The summed E-state index contributed by atoms with van der Waals surface area (Å²) in [6.45, 7) is 8.20. The molecule has 0 aliphatic carbocycles. The van der Waals surface area contributed by atoms with E-state index in [0.717, 1.165) is 25.9 Å². The number of nitrogens with one attached hydrogen (secondary N) is 1. The molecule has 0 aromatic heterocycles. The normalized spacial score (nSPS) is 22.6. The third-order valence-electron chi connectivity index (χ3n) is 4.35. The van der Waals surface area contributed by atoms with Crippen LogP contribution in [0.25, 0.3) is 0 Å². The van der Waals surface area contributed by atoms with Crippen molar-refractivity contribution in [3.8, 4) is 0 Å². The molecule has 1 saturated heterocycles. The quantitative estimate of drug-likeness (QED) is 0.907. The van der Waals surface area contributed by atoms with Crippen LogP contribution in [-0.2, 0) is 0 Å². The molecule has 2 nitrogen and oxygen atoms in total. The Morgan fingerprint density at radius 1 is 1.42 bits per heavy atom. The first kappa shape index (κ1) is 14.6. The highest BCUT2D eigenvalue weighted by Gasteiger charge is 2.35. The van der Waals surface area contributed by atoms with Gasteiger partial charge in [-0.25, -0.2) is 4.39 Å². The van der Waals surface area contributed by atoms with Crippen LogP contribution in [0.15, 0.2) is 18.2 Å². The van der Waals surface area contributed by atoms with Crippen LogP contribution in [-0.4, -0.2) is 24.7 Å². The molecule has 2 rings (SSSR count). The monoisotopic (exact) mass is 284 g/mol. The molecule has 1 atom stereocenters. The van der Waals surface area contributed by atoms with E-state index < -0.39 is 0 Å². The largest absolute Gasteiger partial charge is 0.363 e. The van der Waals surface area contributed by atoms with Crippen LogP contribution in [0, 0.1) is 5.82 Å². The highest BCUT2D eigenvalue weighted by atomic mass is 35.5. The Kier molecular flexibility index (Phi) is 4.36. The summed E-state index contributed by atoms with van der Waals surface area (Å²) in [4.78, 5) is 2.16. The maximum absolute atomic E-state index is 14.1. The minimum atomic E-state index is -0.234. The van der Waals surface area contributed by atoms with E-state index in [1.165, 1.54) is 6.07 Å². The van der Waals surface area contributed by atoms with Crippen molar-refractivity contribution in [3.63, 3.8) is 0 Å². The average molecular weight is 285 g/mol. The summed E-state index contributed by atoms with van der Waals surface area (Å²) >= 11 is 5.83. The summed E-state index contributed by atoms with van der Waals surface area (Å²) in [7, 11) is 0. The lowest BCUT2D eigenvalue weighted by atomic mass is 9.88. The van der Waals surface area contributed by atoms with Gasteiger partial charge in [-0.3, -0.25) is 0 Å². The SMILES string of the molecule is CCC1(CC)CN(c2ccc(Cl)cc2F)C(C)CN1. The molecule has 1 aliphatic rings. The van der Waals surface area contributed by atoms with Gasteiger partial charge in [-0.1, -0.05) is 25.4 Å². The number of benzene rings is 1. The smallest absolute Gasteiger partial charge is 0.147 e. The van der Waals surface area contributed by atoms with E-state index in [2.05, 4.69) is 31.0 Å². The fraction of sp³-hybridized carbons (Fsp3) is 0.600. The average Bonchev–Trinajstić information content (AvgIpc) is 2.41. The van der Waals surface area contributed by atoms with E-state index >= 15 is 0 Å². The molecule has 1 fully saturated rings. The minimum Gasteiger partial charge on any atom is -0.363 e. The van der Waals surface area contributed by atoms with Gasteiger partial charge in [-0.15, -0.1) is 0 Å². The Bertz CT molecular complexity index is 446. The summed E-state index contributed by atoms with van der Waals surface area (Å²) in [6.07, 6.45) is 2.09. The molecule has 0 radical (unpaired) electrons. The number of hydrogen-bond donors (Lipinski definition) is 1. The Balaban J connectivity index is 2.31. The van der Waals surface area contributed by atoms with Crippen LogP contribution in [0.1, 0.15) is 33.6 Å². The molecule has 0 amide bonds. The fourth-order valence-corrected chi connectivity index (χ4v) is 2.93. The summed E-state index contributed by atoms with van der Waals surface area (Å²) < 4.78 is 14.1. The number of rotatable bonds is 3. The predicted molar refractivity (Wildman–Crippen MR) is 79.5 cm³/mol. The van der Waals surface area contributed by atoms with Crippen LogP contribution in [0.5, 0.6) is 0 Å². The van der Waals surface area contributed by atoms with Crippen LogP contribution >= 0.6 is 11.6 Å². The van der Waals surface area contributed by atoms with Gasteiger partial charge in [0.2, 0.25) is 0 Å². The third kappa shape index (κ3) is 2.87. The van der Waals surface area contributed by atoms with Gasteiger partial charge in [0.05, 0.1) is 5.69 Å². The summed E-state index contributed by atoms with van der Waals surface area (Å²) in [5, 5.41) is 4.07. The second-order valence-electron chi connectivity index (χ2n) is 5.44. The van der Waals surface area contributed by atoms with Crippen molar-refractivity contribution in [2.45, 2.75) is 45.2 Å². The van der Waals surface area contributed by atoms with Crippen molar-refractivity contribution in [2.75, 3.05) is 18.0 Å². The van der Waals surface area contributed by atoms with Gasteiger partial charge in [0.1, 0.15) is 5.82 Å². The highest BCUT2D eigenvalue weighted by Crippen LogP contribution is 2.30. The van der Waals surface area contributed by atoms with Gasteiger partial charge >= 0.3 is 0 Å². The van der Waals surface area contributed by atoms with Crippen LogP contribution in [0.2, 0.25) is 5.02 Å². The molecule has 0 saturated carbocycles. The summed E-state index contributed by atoms with van der Waals surface area (Å²) in [6, 6.07) is 5.22. The zero-order chi connectivity index (χ0) is 14.0. The Morgan fingerprint density at radius 3 is 2.68 bits per heavy atom. The van der Waals surface area contributed by atoms with E-state index in [0.29, 0.717) is 10.7 Å². The lowest BCUT2D eigenvalue weighted by Gasteiger charge is -2.47. The number of nitrogens with zero attached hydrogens (tertiary/aromatic N) is 1. The van der Waals surface area contributed by atoms with Crippen molar-refractivity contribution >= 4 is 17.3 Å². The van der Waals surface area contributed by atoms with Gasteiger partial charge in [0.15, 0.2) is 0 Å². The third-order valence-corrected chi connectivity index (χ3v) is 4.59. The van der Waals surface area contributed by atoms with Crippen molar-refractivity contribution in [1.82, 2.24) is 5.32 Å². The van der Waals surface area contributed by atoms with E-state index in [4.69, 9.17) is 11.6 Å². The van der Waals surface area contributed by atoms with E-state index in [1.807, 2.05) is 0 Å². The zero-order valence-corrected chi connectivity index (χ0v) is 12.6. The molecule has 0 spiro atoms. The first-order valence-electron chi connectivity index (χ1n) is 6.98. The molecular weight excluding hydrogens is 263 g/mol. The molecule has 1 N–H and O–H groups in total. The standard InChI is InChI=1S/C15H22ClFN2/c1-4-15(5-2)10-19(11(3)9-18-15)14-7-6-12(16)8-13(14)17/h6-8,11,18H,4-5,9-10H2,1-3H3. The first-order valence-corrected chi connectivity index (χ1v) is 7.36. The van der Waals surface area contributed by atoms with Crippen molar-refractivity contribution < 1.29 is 4.39 Å². The molecule has 1 aliphatic heterocycles. The van der Waals surface area contributed by atoms with E-state index in [9.17, 15) is 4.39 Å². The number of piperazine rings is 1. The number of anilines is 1. The number of halogens is 2.